The molecule has 0 bridgehead atoms. The third-order valence-corrected chi connectivity index (χ3v) is 7.54. The molecule has 2 amide bonds. The number of ether oxygens (including phenoxy) is 3. The number of amidine groups is 1. The van der Waals surface area contributed by atoms with Gasteiger partial charge in [0.1, 0.15) is 11.6 Å². The van der Waals surface area contributed by atoms with Gasteiger partial charge in [-0.05, 0) is 56.7 Å². The van der Waals surface area contributed by atoms with Crippen LogP contribution in [0.4, 0.5) is 9.18 Å². The molecule has 0 aromatic heterocycles. The molecule has 0 saturated heterocycles. The van der Waals surface area contributed by atoms with E-state index in [1.165, 1.54) is 18.0 Å². The fourth-order valence-corrected chi connectivity index (χ4v) is 4.98. The molecule has 1 heterocycles. The van der Waals surface area contributed by atoms with Crippen molar-refractivity contribution in [2.24, 2.45) is 10.4 Å². The molecule has 1 aliphatic rings. The van der Waals surface area contributed by atoms with Crippen LogP contribution in [0.3, 0.4) is 0 Å². The molecule has 3 rings (SSSR count). The number of benzene rings is 2. The molecule has 0 aliphatic carbocycles. The summed E-state index contributed by atoms with van der Waals surface area (Å²) in [7, 11) is 1.38. The molecule has 0 unspecified atom stereocenters. The molecule has 256 valence electrons. The highest BCUT2D eigenvalue weighted by Gasteiger charge is 2.36. The monoisotopic (exact) mass is 655 g/mol. The smallest absolute Gasteiger partial charge is 0.438 e. The highest BCUT2D eigenvalue weighted by Crippen LogP contribution is 2.40. The van der Waals surface area contributed by atoms with Crippen LogP contribution in [0, 0.1) is 11.2 Å². The van der Waals surface area contributed by atoms with Crippen molar-refractivity contribution < 1.29 is 42.9 Å². The van der Waals surface area contributed by atoms with Gasteiger partial charge in [0.2, 0.25) is 6.79 Å². The molecule has 47 heavy (non-hydrogen) atoms. The number of nitrogens with one attached hydrogen (secondary N) is 1. The maximum atomic E-state index is 16.0. The van der Waals surface area contributed by atoms with Crippen molar-refractivity contribution in [2.75, 3.05) is 27.0 Å². The molecule has 0 atom stereocenters. The molecule has 2 aromatic carbocycles. The number of aromatic hydroxyl groups is 1. The summed E-state index contributed by atoms with van der Waals surface area (Å²) in [6.45, 7) is 17.0. The van der Waals surface area contributed by atoms with E-state index in [1.807, 2.05) is 41.5 Å². The number of nitrogens with zero attached hydrogens (tertiary/aromatic N) is 2. The average Bonchev–Trinajstić information content (AvgIpc) is 3.28. The van der Waals surface area contributed by atoms with E-state index in [1.54, 1.807) is 39.8 Å². The number of ketones is 1. The van der Waals surface area contributed by atoms with E-state index in [0.717, 1.165) is 0 Å². The summed E-state index contributed by atoms with van der Waals surface area (Å²) in [6, 6.07) is 4.64. The molecule has 11 nitrogen and oxygen atoms in total. The van der Waals surface area contributed by atoms with E-state index >= 15 is 4.39 Å². The maximum absolute atomic E-state index is 16.0. The minimum absolute atomic E-state index is 0.0658. The number of fused-ring (bicyclic) bond motifs is 1. The molecule has 1 aliphatic heterocycles. The van der Waals surface area contributed by atoms with Crippen LogP contribution >= 0.6 is 0 Å². The molecule has 0 radical (unpaired) electrons. The predicted octanol–water partition coefficient (Wildman–Crippen LogP) is 6.01. The predicted molar refractivity (Wildman–Crippen MR) is 175 cm³/mol. The standard InChI is InChI=1S/C35H46FN3O8/c1-12-45-28-21(30(42)37-11)15-20-22(26(28)36)16-39(29(20)38-32(44)47-18-46-31(43)35(8,9)10)17-25(40)19-13-23(33(2,3)4)27(41)24(14-19)34(5,6)7/h13-15,41H,12,16-18H2,1-11H3,(H,37,42)/b38-29-. The SMILES string of the molecule is CCOc1c(C(=O)NC)cc2c(c1F)CN(CC(=O)c1cc(C(C)(C)C)c(O)c(C(C)(C)C)c1)/C2=N\C(=O)OCOC(=O)C(C)(C)C. The van der Waals surface area contributed by atoms with Gasteiger partial charge in [-0.15, -0.1) is 0 Å². The van der Waals surface area contributed by atoms with Crippen LogP contribution in [0.5, 0.6) is 11.5 Å². The molecule has 0 fully saturated rings. The Labute approximate surface area is 275 Å². The first kappa shape index (κ1) is 37.0. The van der Waals surface area contributed by atoms with E-state index in [0.29, 0.717) is 16.7 Å². The Bertz CT molecular complexity index is 1580. The Balaban J connectivity index is 2.11. The van der Waals surface area contributed by atoms with Crippen molar-refractivity contribution in [3.05, 3.63) is 57.4 Å². The summed E-state index contributed by atoms with van der Waals surface area (Å²) in [5, 5.41) is 13.6. The lowest BCUT2D eigenvalue weighted by atomic mass is 9.78. The average molecular weight is 656 g/mol. The minimum Gasteiger partial charge on any atom is -0.507 e. The first-order valence-corrected chi connectivity index (χ1v) is 15.4. The summed E-state index contributed by atoms with van der Waals surface area (Å²) in [6.07, 6.45) is -1.16. The number of Topliss-reactive ketones (excluding diaryl/α,β-unsaturated/α-hetero) is 1. The number of carbonyl (C=O) groups is 4. The second-order valence-electron chi connectivity index (χ2n) is 14.4. The summed E-state index contributed by atoms with van der Waals surface area (Å²) < 4.78 is 31.5. The van der Waals surface area contributed by atoms with Crippen molar-refractivity contribution >= 4 is 29.6 Å². The first-order valence-electron chi connectivity index (χ1n) is 15.4. The quantitative estimate of drug-likeness (QED) is 0.198. The zero-order chi connectivity index (χ0) is 35.6. The second kappa shape index (κ2) is 13.7. The van der Waals surface area contributed by atoms with Crippen LogP contribution < -0.4 is 10.1 Å². The van der Waals surface area contributed by atoms with Crippen LogP contribution in [-0.2, 0) is 31.6 Å². The normalized spacial score (nSPS) is 14.1. The van der Waals surface area contributed by atoms with Crippen LogP contribution in [-0.4, -0.2) is 66.6 Å². The van der Waals surface area contributed by atoms with Crippen molar-refractivity contribution in [3.63, 3.8) is 0 Å². The third kappa shape index (κ3) is 8.28. The number of hydrogen-bond donors (Lipinski definition) is 2. The highest BCUT2D eigenvalue weighted by molar-refractivity contribution is 6.11. The van der Waals surface area contributed by atoms with E-state index in [2.05, 4.69) is 10.3 Å². The highest BCUT2D eigenvalue weighted by atomic mass is 19.1. The van der Waals surface area contributed by atoms with Gasteiger partial charge in [-0.3, -0.25) is 14.4 Å². The largest absolute Gasteiger partial charge is 0.507 e. The van der Waals surface area contributed by atoms with E-state index < -0.39 is 46.8 Å². The molecule has 12 heteroatoms. The minimum atomic E-state index is -1.16. The number of aliphatic imine (C=N–C) groups is 1. The third-order valence-electron chi connectivity index (χ3n) is 7.54. The number of rotatable bonds is 8. The number of carbonyl (C=O) groups excluding carboxylic acids is 4. The Hall–Kier alpha value is -4.48. The van der Waals surface area contributed by atoms with Crippen molar-refractivity contribution in [1.82, 2.24) is 10.2 Å². The van der Waals surface area contributed by atoms with Gasteiger partial charge in [0.25, 0.3) is 5.91 Å². The van der Waals surface area contributed by atoms with Crippen LogP contribution in [0.1, 0.15) is 112 Å². The van der Waals surface area contributed by atoms with Crippen LogP contribution in [0.25, 0.3) is 0 Å². The van der Waals surface area contributed by atoms with Crippen LogP contribution in [0.15, 0.2) is 23.2 Å². The summed E-state index contributed by atoms with van der Waals surface area (Å²) >= 11 is 0. The first-order chi connectivity index (χ1) is 21.6. The van der Waals surface area contributed by atoms with Gasteiger partial charge in [-0.25, -0.2) is 9.18 Å². The number of esters is 1. The van der Waals surface area contributed by atoms with Gasteiger partial charge in [0.05, 0.1) is 24.1 Å². The summed E-state index contributed by atoms with van der Waals surface area (Å²) in [5.74, 6) is -2.71. The summed E-state index contributed by atoms with van der Waals surface area (Å²) in [4.78, 5) is 57.1. The number of halogens is 1. The van der Waals surface area contributed by atoms with Crippen LogP contribution in [0.2, 0.25) is 0 Å². The van der Waals surface area contributed by atoms with Gasteiger partial charge in [0.15, 0.2) is 17.3 Å². The van der Waals surface area contributed by atoms with E-state index in [-0.39, 0.29) is 59.5 Å². The number of phenols is 1. The Morgan fingerprint density at radius 3 is 2.02 bits per heavy atom. The van der Waals surface area contributed by atoms with Crippen molar-refractivity contribution in [2.45, 2.75) is 86.6 Å². The van der Waals surface area contributed by atoms with E-state index in [9.17, 15) is 24.3 Å². The van der Waals surface area contributed by atoms with Gasteiger partial charge < -0.3 is 29.5 Å². The Kier molecular flexibility index (Phi) is 10.8. The molecule has 0 spiro atoms. The lowest BCUT2D eigenvalue weighted by molar-refractivity contribution is -0.161. The molecule has 0 saturated carbocycles. The van der Waals surface area contributed by atoms with Crippen molar-refractivity contribution in [3.8, 4) is 11.5 Å². The molecule has 2 aromatic rings. The zero-order valence-electron chi connectivity index (χ0n) is 29.1. The lowest BCUT2D eigenvalue weighted by Crippen LogP contribution is -2.32. The number of phenolic OH excluding ortho intramolecular Hbond substituents is 1. The van der Waals surface area contributed by atoms with Gasteiger partial charge in [-0.2, -0.15) is 4.99 Å². The lowest BCUT2D eigenvalue weighted by Gasteiger charge is -2.28. The summed E-state index contributed by atoms with van der Waals surface area (Å²) in [5.41, 5.74) is -0.300. The van der Waals surface area contributed by atoms with E-state index in [4.69, 9.17) is 14.2 Å². The van der Waals surface area contributed by atoms with Gasteiger partial charge in [0, 0.05) is 41.4 Å². The second-order valence-corrected chi connectivity index (χ2v) is 14.4. The zero-order valence-corrected chi connectivity index (χ0v) is 29.1. The number of amides is 2. The fourth-order valence-electron chi connectivity index (χ4n) is 4.98. The fraction of sp³-hybridized carbons (Fsp3) is 0.514. The number of hydrogen-bond acceptors (Lipinski definition) is 8. The topological polar surface area (TPSA) is 144 Å². The molecular weight excluding hydrogens is 609 g/mol. The Morgan fingerprint density at radius 2 is 1.53 bits per heavy atom. The maximum Gasteiger partial charge on any atom is 0.438 e. The van der Waals surface area contributed by atoms with Crippen molar-refractivity contribution in [1.29, 1.82) is 0 Å². The Morgan fingerprint density at radius 1 is 0.957 bits per heavy atom. The molecule has 2 N–H and O–H groups in total. The van der Waals surface area contributed by atoms with Gasteiger partial charge >= 0.3 is 12.1 Å². The molecular formula is C35H46FN3O8. The van der Waals surface area contributed by atoms with Gasteiger partial charge in [-0.1, -0.05) is 41.5 Å².